The van der Waals surface area contributed by atoms with Gasteiger partial charge in [-0.15, -0.1) is 0 Å². The predicted octanol–water partition coefficient (Wildman–Crippen LogP) is 1.72. The smallest absolute Gasteiger partial charge is 0.0679 e. The molecule has 66 valence electrons. The predicted molar refractivity (Wildman–Crippen MR) is 44.5 cm³/mol. The molecule has 2 heteroatoms. The third kappa shape index (κ3) is 2.17. The van der Waals surface area contributed by atoms with Crippen LogP contribution in [0.25, 0.3) is 0 Å². The molecule has 1 rings (SSSR count). The molecule has 0 aliphatic carbocycles. The molecule has 1 N–H and O–H groups in total. The Kier molecular flexibility index (Phi) is 2.26. The van der Waals surface area contributed by atoms with Crippen LogP contribution in [0.2, 0.25) is 0 Å². The van der Waals surface area contributed by atoms with E-state index in [1.807, 2.05) is 6.92 Å². The van der Waals surface area contributed by atoms with E-state index in [2.05, 4.69) is 13.8 Å². The van der Waals surface area contributed by atoms with Crippen molar-refractivity contribution in [3.8, 4) is 0 Å². The molecule has 1 fully saturated rings. The Hall–Kier alpha value is -0.0800. The molecule has 0 saturated carbocycles. The lowest BCUT2D eigenvalue weighted by molar-refractivity contribution is -0.146. The van der Waals surface area contributed by atoms with Gasteiger partial charge in [-0.1, -0.05) is 6.92 Å². The third-order valence-electron chi connectivity index (χ3n) is 2.59. The average molecular weight is 158 g/mol. The summed E-state index contributed by atoms with van der Waals surface area (Å²) in [4.78, 5) is 0. The van der Waals surface area contributed by atoms with Crippen molar-refractivity contribution in [3.63, 3.8) is 0 Å². The second kappa shape index (κ2) is 2.76. The van der Waals surface area contributed by atoms with Gasteiger partial charge in [-0.2, -0.15) is 0 Å². The second-order valence-electron chi connectivity index (χ2n) is 4.08. The highest BCUT2D eigenvalue weighted by Crippen LogP contribution is 2.33. The van der Waals surface area contributed by atoms with Crippen molar-refractivity contribution >= 4 is 0 Å². The van der Waals surface area contributed by atoms with Gasteiger partial charge >= 0.3 is 0 Å². The molecule has 0 spiro atoms. The van der Waals surface area contributed by atoms with Crippen molar-refractivity contribution in [3.05, 3.63) is 0 Å². The second-order valence-corrected chi connectivity index (χ2v) is 4.08. The first-order valence-corrected chi connectivity index (χ1v) is 4.34. The molecule has 2 atom stereocenters. The Balaban J connectivity index is 2.59. The lowest BCUT2D eigenvalue weighted by atomic mass is 9.83. The summed E-state index contributed by atoms with van der Waals surface area (Å²) in [6.45, 7) is 6.75. The van der Waals surface area contributed by atoms with Gasteiger partial charge in [0.2, 0.25) is 0 Å². The van der Waals surface area contributed by atoms with E-state index in [0.29, 0.717) is 6.61 Å². The van der Waals surface area contributed by atoms with Crippen molar-refractivity contribution in [2.24, 2.45) is 0 Å². The molecule has 11 heavy (non-hydrogen) atoms. The quantitative estimate of drug-likeness (QED) is 0.629. The number of hydrogen-bond acceptors (Lipinski definition) is 2. The molecule has 0 aromatic carbocycles. The van der Waals surface area contributed by atoms with Crippen molar-refractivity contribution in [1.82, 2.24) is 0 Å². The maximum absolute atomic E-state index is 9.76. The van der Waals surface area contributed by atoms with Gasteiger partial charge in [-0.05, 0) is 26.7 Å². The topological polar surface area (TPSA) is 29.5 Å². The Morgan fingerprint density at radius 1 is 1.45 bits per heavy atom. The molecule has 2 unspecified atom stereocenters. The summed E-state index contributed by atoms with van der Waals surface area (Å²) in [5.74, 6) is 0. The van der Waals surface area contributed by atoms with Gasteiger partial charge in [0, 0.05) is 6.42 Å². The fourth-order valence-electron chi connectivity index (χ4n) is 1.69. The van der Waals surface area contributed by atoms with Gasteiger partial charge < -0.3 is 9.84 Å². The van der Waals surface area contributed by atoms with Crippen LogP contribution in [0.15, 0.2) is 0 Å². The van der Waals surface area contributed by atoms with Gasteiger partial charge in [0.25, 0.3) is 0 Å². The molecule has 1 aliphatic rings. The highest BCUT2D eigenvalue weighted by molar-refractivity contribution is 4.88. The first-order valence-electron chi connectivity index (χ1n) is 4.34. The summed E-state index contributed by atoms with van der Waals surface area (Å²) in [6.07, 6.45) is 2.50. The van der Waals surface area contributed by atoms with Crippen LogP contribution in [0.3, 0.4) is 0 Å². The Labute approximate surface area is 68.6 Å². The van der Waals surface area contributed by atoms with Crippen LogP contribution in [0.4, 0.5) is 0 Å². The van der Waals surface area contributed by atoms with E-state index in [1.165, 1.54) is 0 Å². The monoisotopic (exact) mass is 158 g/mol. The van der Waals surface area contributed by atoms with Crippen LogP contribution in [-0.2, 0) is 4.74 Å². The standard InChI is InChI=1S/C9H18O2/c1-4-9(3)7-8(2,10)5-6-11-9/h10H,4-7H2,1-3H3. The zero-order valence-corrected chi connectivity index (χ0v) is 7.68. The molecule has 0 aromatic rings. The maximum atomic E-state index is 9.76. The molecule has 1 saturated heterocycles. The van der Waals surface area contributed by atoms with E-state index in [9.17, 15) is 5.11 Å². The van der Waals surface area contributed by atoms with E-state index in [0.717, 1.165) is 19.3 Å². The van der Waals surface area contributed by atoms with Crippen molar-refractivity contribution in [1.29, 1.82) is 0 Å². The molecule has 2 nitrogen and oxygen atoms in total. The first kappa shape index (κ1) is 9.01. The summed E-state index contributed by atoms with van der Waals surface area (Å²) >= 11 is 0. The van der Waals surface area contributed by atoms with Gasteiger partial charge in [0.15, 0.2) is 0 Å². The van der Waals surface area contributed by atoms with Gasteiger partial charge in [0.05, 0.1) is 17.8 Å². The summed E-state index contributed by atoms with van der Waals surface area (Å²) in [6, 6.07) is 0. The van der Waals surface area contributed by atoms with Crippen LogP contribution in [0, 0.1) is 0 Å². The molecule has 0 radical (unpaired) electrons. The fourth-order valence-corrected chi connectivity index (χ4v) is 1.69. The molecular weight excluding hydrogens is 140 g/mol. The Bertz CT molecular complexity index is 142. The number of aliphatic hydroxyl groups is 1. The zero-order chi connectivity index (χ0) is 8.54. The molecule has 1 heterocycles. The lowest BCUT2D eigenvalue weighted by Crippen LogP contribution is -2.45. The maximum Gasteiger partial charge on any atom is 0.0679 e. The molecule has 0 amide bonds. The number of rotatable bonds is 1. The minimum atomic E-state index is -0.511. The van der Waals surface area contributed by atoms with Gasteiger partial charge in [-0.25, -0.2) is 0 Å². The first-order chi connectivity index (χ1) is 4.97. The van der Waals surface area contributed by atoms with Crippen molar-refractivity contribution in [2.75, 3.05) is 6.61 Å². The van der Waals surface area contributed by atoms with Crippen LogP contribution >= 0.6 is 0 Å². The SMILES string of the molecule is CCC1(C)CC(C)(O)CCO1. The van der Waals surface area contributed by atoms with E-state index in [-0.39, 0.29) is 5.60 Å². The van der Waals surface area contributed by atoms with Gasteiger partial charge in [-0.3, -0.25) is 0 Å². The van der Waals surface area contributed by atoms with Crippen LogP contribution < -0.4 is 0 Å². The summed E-state index contributed by atoms with van der Waals surface area (Å²) in [5, 5.41) is 9.76. The molecule has 1 aliphatic heterocycles. The van der Waals surface area contributed by atoms with Crippen LogP contribution in [0.5, 0.6) is 0 Å². The van der Waals surface area contributed by atoms with Crippen LogP contribution in [-0.4, -0.2) is 22.9 Å². The molecule has 0 aromatic heterocycles. The lowest BCUT2D eigenvalue weighted by Gasteiger charge is -2.41. The largest absolute Gasteiger partial charge is 0.390 e. The van der Waals surface area contributed by atoms with Crippen molar-refractivity contribution in [2.45, 2.75) is 51.2 Å². The average Bonchev–Trinajstić information content (AvgIpc) is 1.85. The number of hydrogen-bond donors (Lipinski definition) is 1. The Morgan fingerprint density at radius 2 is 2.09 bits per heavy atom. The fraction of sp³-hybridized carbons (Fsp3) is 1.00. The summed E-state index contributed by atoms with van der Waals surface area (Å²) in [7, 11) is 0. The van der Waals surface area contributed by atoms with Gasteiger partial charge in [0.1, 0.15) is 0 Å². The third-order valence-corrected chi connectivity index (χ3v) is 2.59. The van der Waals surface area contributed by atoms with E-state index in [4.69, 9.17) is 4.74 Å². The zero-order valence-electron chi connectivity index (χ0n) is 7.68. The van der Waals surface area contributed by atoms with Crippen LogP contribution in [0.1, 0.15) is 40.0 Å². The minimum absolute atomic E-state index is 0.0955. The summed E-state index contributed by atoms with van der Waals surface area (Å²) < 4.78 is 5.59. The number of ether oxygens (including phenoxy) is 1. The Morgan fingerprint density at radius 3 is 2.45 bits per heavy atom. The molecular formula is C9H18O2. The van der Waals surface area contributed by atoms with E-state index >= 15 is 0 Å². The highest BCUT2D eigenvalue weighted by Gasteiger charge is 2.37. The minimum Gasteiger partial charge on any atom is -0.390 e. The summed E-state index contributed by atoms with van der Waals surface area (Å²) in [5.41, 5.74) is -0.606. The highest BCUT2D eigenvalue weighted by atomic mass is 16.5. The van der Waals surface area contributed by atoms with E-state index in [1.54, 1.807) is 0 Å². The van der Waals surface area contributed by atoms with E-state index < -0.39 is 5.60 Å². The molecule has 0 bridgehead atoms. The normalized spacial score (nSPS) is 45.8. The van der Waals surface area contributed by atoms with Crippen molar-refractivity contribution < 1.29 is 9.84 Å².